The predicted octanol–water partition coefficient (Wildman–Crippen LogP) is -0.806. The van der Waals surface area contributed by atoms with Crippen molar-refractivity contribution < 1.29 is 9.53 Å². The van der Waals surface area contributed by atoms with Gasteiger partial charge in [-0.3, -0.25) is 4.79 Å². The molecule has 64 valence electrons. The van der Waals surface area contributed by atoms with Gasteiger partial charge in [0.2, 0.25) is 5.91 Å². The van der Waals surface area contributed by atoms with Crippen molar-refractivity contribution in [2.75, 3.05) is 32.8 Å². The van der Waals surface area contributed by atoms with Crippen LogP contribution in [0.5, 0.6) is 0 Å². The number of ether oxygens (including phenoxy) is 1. The summed E-state index contributed by atoms with van der Waals surface area (Å²) in [5, 5.41) is 0. The molecule has 1 rings (SSSR count). The molecule has 2 N–H and O–H groups in total. The first-order valence-electron chi connectivity index (χ1n) is 3.90. The summed E-state index contributed by atoms with van der Waals surface area (Å²) in [6.07, 6.45) is 0.922. The highest BCUT2D eigenvalue weighted by atomic mass is 16.5. The minimum Gasteiger partial charge on any atom is -0.380 e. The van der Waals surface area contributed by atoms with Crippen LogP contribution in [0.25, 0.3) is 0 Å². The maximum absolute atomic E-state index is 11.1. The van der Waals surface area contributed by atoms with Gasteiger partial charge in [0.25, 0.3) is 0 Å². The number of amides is 1. The van der Waals surface area contributed by atoms with Crippen LogP contribution in [0.15, 0.2) is 0 Å². The summed E-state index contributed by atoms with van der Waals surface area (Å²) in [6, 6.07) is 0. The molecule has 0 aliphatic carbocycles. The Morgan fingerprint density at radius 2 is 2.27 bits per heavy atom. The molecule has 0 unspecified atom stereocenters. The van der Waals surface area contributed by atoms with E-state index >= 15 is 0 Å². The molecule has 4 nitrogen and oxygen atoms in total. The first-order chi connectivity index (χ1) is 5.34. The van der Waals surface area contributed by atoms with Crippen molar-refractivity contribution in [1.29, 1.82) is 0 Å². The van der Waals surface area contributed by atoms with Gasteiger partial charge in [0.1, 0.15) is 0 Å². The summed E-state index contributed by atoms with van der Waals surface area (Å²) in [4.78, 5) is 12.8. The summed E-state index contributed by atoms with van der Waals surface area (Å²) in [6.45, 7) is 2.99. The molecule has 1 saturated heterocycles. The Morgan fingerprint density at radius 3 is 3.00 bits per heavy atom. The van der Waals surface area contributed by atoms with Crippen molar-refractivity contribution in [3.8, 4) is 0 Å². The highest BCUT2D eigenvalue weighted by Crippen LogP contribution is 1.98. The average molecular weight is 158 g/mol. The minimum absolute atomic E-state index is 0.0236. The van der Waals surface area contributed by atoms with Gasteiger partial charge in [-0.1, -0.05) is 0 Å². The first kappa shape index (κ1) is 8.49. The second-order valence-corrected chi connectivity index (χ2v) is 2.55. The predicted molar refractivity (Wildman–Crippen MR) is 41.1 cm³/mol. The first-order valence-corrected chi connectivity index (χ1v) is 3.90. The Morgan fingerprint density at radius 1 is 1.45 bits per heavy atom. The third-order valence-corrected chi connectivity index (χ3v) is 1.75. The molecule has 0 saturated carbocycles. The van der Waals surface area contributed by atoms with Gasteiger partial charge in [0.15, 0.2) is 0 Å². The van der Waals surface area contributed by atoms with Crippen molar-refractivity contribution in [2.45, 2.75) is 6.42 Å². The fourth-order valence-corrected chi connectivity index (χ4v) is 1.12. The molecule has 0 atom stereocenters. The molecule has 1 aliphatic rings. The monoisotopic (exact) mass is 158 g/mol. The Labute approximate surface area is 66.3 Å². The van der Waals surface area contributed by atoms with E-state index in [2.05, 4.69) is 0 Å². The minimum atomic E-state index is 0.0236. The number of rotatable bonds is 1. The Bertz CT molecular complexity index is 130. The molecule has 4 heteroatoms. The molecule has 1 amide bonds. The van der Waals surface area contributed by atoms with E-state index < -0.39 is 0 Å². The molecular formula is C7H14N2O2. The molecule has 1 heterocycles. The van der Waals surface area contributed by atoms with Gasteiger partial charge in [-0.05, 0) is 6.42 Å². The van der Waals surface area contributed by atoms with Crippen molar-refractivity contribution in [1.82, 2.24) is 4.90 Å². The molecule has 0 aromatic carbocycles. The molecule has 11 heavy (non-hydrogen) atoms. The van der Waals surface area contributed by atoms with E-state index in [0.29, 0.717) is 13.2 Å². The van der Waals surface area contributed by atoms with Crippen molar-refractivity contribution in [3.63, 3.8) is 0 Å². The number of carbonyl (C=O) groups is 1. The molecule has 0 radical (unpaired) electrons. The van der Waals surface area contributed by atoms with Gasteiger partial charge in [0, 0.05) is 19.7 Å². The zero-order valence-electron chi connectivity index (χ0n) is 6.58. The summed E-state index contributed by atoms with van der Waals surface area (Å²) in [7, 11) is 0. The average Bonchev–Trinajstić information content (AvgIpc) is 2.30. The maximum atomic E-state index is 11.1. The summed E-state index contributed by atoms with van der Waals surface area (Å²) < 4.78 is 5.18. The Kier molecular flexibility index (Phi) is 3.32. The topological polar surface area (TPSA) is 55.6 Å². The standard InChI is InChI=1S/C7H14N2O2/c8-6-7(10)9-2-1-4-11-5-3-9/h1-6,8H2. The highest BCUT2D eigenvalue weighted by molar-refractivity contribution is 5.77. The normalized spacial score (nSPS) is 19.5. The van der Waals surface area contributed by atoms with Crippen LogP contribution in [0.2, 0.25) is 0 Å². The van der Waals surface area contributed by atoms with Gasteiger partial charge in [0.05, 0.1) is 13.2 Å². The van der Waals surface area contributed by atoms with Gasteiger partial charge >= 0.3 is 0 Å². The van der Waals surface area contributed by atoms with Crippen LogP contribution in [0.3, 0.4) is 0 Å². The number of hydrogen-bond donors (Lipinski definition) is 1. The smallest absolute Gasteiger partial charge is 0.236 e. The Hall–Kier alpha value is -0.610. The third-order valence-electron chi connectivity index (χ3n) is 1.75. The quantitative estimate of drug-likeness (QED) is 0.543. The van der Waals surface area contributed by atoms with Gasteiger partial charge in [-0.25, -0.2) is 0 Å². The van der Waals surface area contributed by atoms with E-state index in [-0.39, 0.29) is 12.5 Å². The SMILES string of the molecule is NCC(=O)N1CCCOCC1. The van der Waals surface area contributed by atoms with Gasteiger partial charge in [-0.15, -0.1) is 0 Å². The molecule has 0 spiro atoms. The van der Waals surface area contributed by atoms with E-state index in [1.54, 1.807) is 4.90 Å². The fraction of sp³-hybridized carbons (Fsp3) is 0.857. The lowest BCUT2D eigenvalue weighted by Gasteiger charge is -2.17. The van der Waals surface area contributed by atoms with E-state index in [9.17, 15) is 4.79 Å². The number of hydrogen-bond acceptors (Lipinski definition) is 3. The number of carbonyl (C=O) groups excluding carboxylic acids is 1. The van der Waals surface area contributed by atoms with Gasteiger partial charge < -0.3 is 15.4 Å². The van der Waals surface area contributed by atoms with Crippen molar-refractivity contribution >= 4 is 5.91 Å². The van der Waals surface area contributed by atoms with Crippen LogP contribution in [-0.2, 0) is 9.53 Å². The van der Waals surface area contributed by atoms with Crippen molar-refractivity contribution in [2.24, 2.45) is 5.73 Å². The highest BCUT2D eigenvalue weighted by Gasteiger charge is 2.12. The zero-order valence-corrected chi connectivity index (χ0v) is 6.58. The van der Waals surface area contributed by atoms with E-state index in [0.717, 1.165) is 19.6 Å². The lowest BCUT2D eigenvalue weighted by Crippen LogP contribution is -2.37. The van der Waals surface area contributed by atoms with Crippen LogP contribution in [0.1, 0.15) is 6.42 Å². The summed E-state index contributed by atoms with van der Waals surface area (Å²) >= 11 is 0. The second kappa shape index (κ2) is 4.31. The van der Waals surface area contributed by atoms with E-state index in [1.165, 1.54) is 0 Å². The third kappa shape index (κ3) is 2.48. The lowest BCUT2D eigenvalue weighted by atomic mass is 10.4. The maximum Gasteiger partial charge on any atom is 0.236 e. The van der Waals surface area contributed by atoms with Crippen LogP contribution in [0.4, 0.5) is 0 Å². The second-order valence-electron chi connectivity index (χ2n) is 2.55. The van der Waals surface area contributed by atoms with Crippen LogP contribution >= 0.6 is 0 Å². The summed E-state index contributed by atoms with van der Waals surface area (Å²) in [5.74, 6) is 0.0236. The van der Waals surface area contributed by atoms with Crippen LogP contribution < -0.4 is 5.73 Å². The fourth-order valence-electron chi connectivity index (χ4n) is 1.12. The number of nitrogens with zero attached hydrogens (tertiary/aromatic N) is 1. The molecule has 0 bridgehead atoms. The molecule has 1 fully saturated rings. The number of nitrogens with two attached hydrogens (primary N) is 1. The largest absolute Gasteiger partial charge is 0.380 e. The molecule has 0 aromatic rings. The lowest BCUT2D eigenvalue weighted by molar-refractivity contribution is -0.129. The molecular weight excluding hydrogens is 144 g/mol. The van der Waals surface area contributed by atoms with E-state index in [1.807, 2.05) is 0 Å². The van der Waals surface area contributed by atoms with Gasteiger partial charge in [-0.2, -0.15) is 0 Å². The molecule has 0 aromatic heterocycles. The zero-order chi connectivity index (χ0) is 8.10. The summed E-state index contributed by atoms with van der Waals surface area (Å²) in [5.41, 5.74) is 5.22. The van der Waals surface area contributed by atoms with Crippen LogP contribution in [0, 0.1) is 0 Å². The van der Waals surface area contributed by atoms with Crippen molar-refractivity contribution in [3.05, 3.63) is 0 Å². The van der Waals surface area contributed by atoms with E-state index in [4.69, 9.17) is 10.5 Å². The van der Waals surface area contributed by atoms with Crippen LogP contribution in [-0.4, -0.2) is 43.7 Å². The Balaban J connectivity index is 2.36. The molecule has 1 aliphatic heterocycles.